The van der Waals surface area contributed by atoms with E-state index in [1.165, 1.54) is 0 Å². The lowest BCUT2D eigenvalue weighted by molar-refractivity contribution is -0.129. The molecule has 1 aromatic rings. The monoisotopic (exact) mass is 264 g/mol. The van der Waals surface area contributed by atoms with Gasteiger partial charge in [-0.1, -0.05) is 12.1 Å². The topological polar surface area (TPSA) is 41.6 Å². The minimum absolute atomic E-state index is 0.144. The molecule has 1 rings (SSSR count). The van der Waals surface area contributed by atoms with Gasteiger partial charge >= 0.3 is 0 Å². The number of nitrogens with one attached hydrogen (secondary N) is 1. The summed E-state index contributed by atoms with van der Waals surface area (Å²) in [6.07, 6.45) is 0. The second-order valence-corrected chi connectivity index (χ2v) is 4.25. The molecule has 1 amide bonds. The van der Waals surface area contributed by atoms with E-state index in [2.05, 4.69) is 5.32 Å². The van der Waals surface area contributed by atoms with Gasteiger partial charge in [0.05, 0.1) is 13.2 Å². The largest absolute Gasteiger partial charge is 0.494 e. The van der Waals surface area contributed by atoms with Crippen LogP contribution in [0.4, 0.5) is 0 Å². The highest BCUT2D eigenvalue weighted by molar-refractivity contribution is 5.78. The van der Waals surface area contributed by atoms with E-state index in [-0.39, 0.29) is 5.91 Å². The van der Waals surface area contributed by atoms with Crippen molar-refractivity contribution in [2.24, 2.45) is 0 Å². The second-order valence-electron chi connectivity index (χ2n) is 4.25. The van der Waals surface area contributed by atoms with Crippen LogP contribution in [0.5, 0.6) is 5.75 Å². The smallest absolute Gasteiger partial charge is 0.236 e. The number of likely N-dealkylation sites (N-methyl/N-ethyl adjacent to an activating group) is 1. The fourth-order valence-corrected chi connectivity index (χ4v) is 1.91. The lowest BCUT2D eigenvalue weighted by Crippen LogP contribution is -2.37. The molecule has 4 heteroatoms. The Labute approximate surface area is 115 Å². The Morgan fingerprint density at radius 3 is 2.63 bits per heavy atom. The van der Waals surface area contributed by atoms with Crippen LogP contribution in [0.2, 0.25) is 0 Å². The molecule has 1 aromatic carbocycles. The lowest BCUT2D eigenvalue weighted by Gasteiger charge is -2.18. The molecule has 0 saturated carbocycles. The minimum Gasteiger partial charge on any atom is -0.494 e. The predicted octanol–water partition coefficient (Wildman–Crippen LogP) is 2.04. The normalized spacial score (nSPS) is 10.3. The van der Waals surface area contributed by atoms with Crippen molar-refractivity contribution in [2.75, 3.05) is 26.2 Å². The zero-order valence-electron chi connectivity index (χ0n) is 12.1. The number of rotatable bonds is 8. The van der Waals surface area contributed by atoms with Gasteiger partial charge in [-0.05, 0) is 38.5 Å². The van der Waals surface area contributed by atoms with Crippen molar-refractivity contribution in [1.82, 2.24) is 10.2 Å². The highest BCUT2D eigenvalue weighted by atomic mass is 16.5. The molecule has 0 fully saturated rings. The van der Waals surface area contributed by atoms with E-state index >= 15 is 0 Å². The van der Waals surface area contributed by atoms with Crippen LogP contribution < -0.4 is 10.1 Å². The third kappa shape index (κ3) is 5.30. The third-order valence-corrected chi connectivity index (χ3v) is 2.93. The SMILES string of the molecule is CCOc1cccc(CNCC(=O)N(CC)CC)c1. The number of amides is 1. The first-order chi connectivity index (χ1) is 9.21. The molecule has 19 heavy (non-hydrogen) atoms. The molecule has 0 aliphatic rings. The number of ether oxygens (including phenoxy) is 1. The van der Waals surface area contributed by atoms with Gasteiger partial charge < -0.3 is 15.0 Å². The van der Waals surface area contributed by atoms with Crippen molar-refractivity contribution in [3.05, 3.63) is 29.8 Å². The molecule has 0 spiro atoms. The van der Waals surface area contributed by atoms with Crippen LogP contribution in [0.15, 0.2) is 24.3 Å². The molecule has 0 unspecified atom stereocenters. The van der Waals surface area contributed by atoms with Crippen molar-refractivity contribution in [2.45, 2.75) is 27.3 Å². The first-order valence-electron chi connectivity index (χ1n) is 6.91. The summed E-state index contributed by atoms with van der Waals surface area (Å²) in [5, 5.41) is 3.17. The van der Waals surface area contributed by atoms with E-state index in [0.29, 0.717) is 19.7 Å². The fourth-order valence-electron chi connectivity index (χ4n) is 1.91. The molecular formula is C15H24N2O2. The zero-order chi connectivity index (χ0) is 14.1. The van der Waals surface area contributed by atoms with Gasteiger partial charge in [0.2, 0.25) is 5.91 Å². The molecule has 0 aromatic heterocycles. The van der Waals surface area contributed by atoms with E-state index < -0.39 is 0 Å². The van der Waals surface area contributed by atoms with Crippen LogP contribution in [0.25, 0.3) is 0 Å². The molecule has 0 saturated heterocycles. The van der Waals surface area contributed by atoms with Crippen LogP contribution >= 0.6 is 0 Å². The Morgan fingerprint density at radius 2 is 2.00 bits per heavy atom. The molecular weight excluding hydrogens is 240 g/mol. The summed E-state index contributed by atoms with van der Waals surface area (Å²) in [5.74, 6) is 1.02. The summed E-state index contributed by atoms with van der Waals surface area (Å²) < 4.78 is 5.44. The van der Waals surface area contributed by atoms with Crippen molar-refractivity contribution in [3.63, 3.8) is 0 Å². The molecule has 4 nitrogen and oxygen atoms in total. The van der Waals surface area contributed by atoms with Crippen molar-refractivity contribution in [3.8, 4) is 5.75 Å². The number of nitrogens with zero attached hydrogens (tertiary/aromatic N) is 1. The Balaban J connectivity index is 2.40. The summed E-state index contributed by atoms with van der Waals surface area (Å²) in [5.41, 5.74) is 1.12. The summed E-state index contributed by atoms with van der Waals surface area (Å²) in [6.45, 7) is 9.19. The van der Waals surface area contributed by atoms with E-state index in [4.69, 9.17) is 4.74 Å². The maximum absolute atomic E-state index is 11.8. The highest BCUT2D eigenvalue weighted by Gasteiger charge is 2.08. The second kappa shape index (κ2) is 8.53. The van der Waals surface area contributed by atoms with Crippen molar-refractivity contribution >= 4 is 5.91 Å². The molecule has 0 atom stereocenters. The zero-order valence-corrected chi connectivity index (χ0v) is 12.1. The molecule has 0 aliphatic heterocycles. The number of carbonyl (C=O) groups is 1. The average Bonchev–Trinajstić information content (AvgIpc) is 2.41. The summed E-state index contributed by atoms with van der Waals surface area (Å²) >= 11 is 0. The minimum atomic E-state index is 0.144. The summed E-state index contributed by atoms with van der Waals surface area (Å²) in [7, 11) is 0. The van der Waals surface area contributed by atoms with Gasteiger partial charge in [0, 0.05) is 19.6 Å². The highest BCUT2D eigenvalue weighted by Crippen LogP contribution is 2.12. The fraction of sp³-hybridized carbons (Fsp3) is 0.533. The molecule has 0 radical (unpaired) electrons. The van der Waals surface area contributed by atoms with E-state index in [1.54, 1.807) is 0 Å². The van der Waals surface area contributed by atoms with E-state index in [1.807, 2.05) is 49.9 Å². The first kappa shape index (κ1) is 15.5. The van der Waals surface area contributed by atoms with Gasteiger partial charge in [-0.15, -0.1) is 0 Å². The Bertz CT molecular complexity index is 389. The Kier molecular flexibility index (Phi) is 6.97. The standard InChI is InChI=1S/C15H24N2O2/c1-4-17(5-2)15(18)12-16-11-13-8-7-9-14(10-13)19-6-3/h7-10,16H,4-6,11-12H2,1-3H3. The average molecular weight is 264 g/mol. The number of hydrogen-bond donors (Lipinski definition) is 1. The first-order valence-corrected chi connectivity index (χ1v) is 6.91. The van der Waals surface area contributed by atoms with Crippen molar-refractivity contribution in [1.29, 1.82) is 0 Å². The van der Waals surface area contributed by atoms with Crippen LogP contribution in [0.3, 0.4) is 0 Å². The van der Waals surface area contributed by atoms with Gasteiger partial charge in [0.1, 0.15) is 5.75 Å². The van der Waals surface area contributed by atoms with E-state index in [0.717, 1.165) is 24.4 Å². The number of benzene rings is 1. The quantitative estimate of drug-likeness (QED) is 0.781. The molecule has 0 heterocycles. The maximum Gasteiger partial charge on any atom is 0.236 e. The van der Waals surface area contributed by atoms with Crippen LogP contribution in [0, 0.1) is 0 Å². The van der Waals surface area contributed by atoms with Gasteiger partial charge in [0.15, 0.2) is 0 Å². The lowest BCUT2D eigenvalue weighted by atomic mass is 10.2. The predicted molar refractivity (Wildman–Crippen MR) is 77.2 cm³/mol. The Hall–Kier alpha value is -1.55. The summed E-state index contributed by atoms with van der Waals surface area (Å²) in [6, 6.07) is 7.93. The molecule has 0 aliphatic carbocycles. The number of hydrogen-bond acceptors (Lipinski definition) is 3. The van der Waals surface area contributed by atoms with Gasteiger partial charge in [-0.2, -0.15) is 0 Å². The molecule has 106 valence electrons. The van der Waals surface area contributed by atoms with Crippen LogP contribution in [-0.2, 0) is 11.3 Å². The van der Waals surface area contributed by atoms with Gasteiger partial charge in [-0.25, -0.2) is 0 Å². The van der Waals surface area contributed by atoms with Gasteiger partial charge in [-0.3, -0.25) is 4.79 Å². The third-order valence-electron chi connectivity index (χ3n) is 2.93. The molecule has 0 bridgehead atoms. The number of carbonyl (C=O) groups excluding carboxylic acids is 1. The summed E-state index contributed by atoms with van der Waals surface area (Å²) in [4.78, 5) is 13.6. The Morgan fingerprint density at radius 1 is 1.26 bits per heavy atom. The van der Waals surface area contributed by atoms with E-state index in [9.17, 15) is 4.79 Å². The van der Waals surface area contributed by atoms with Crippen LogP contribution in [-0.4, -0.2) is 37.0 Å². The van der Waals surface area contributed by atoms with Gasteiger partial charge in [0.25, 0.3) is 0 Å². The maximum atomic E-state index is 11.8. The van der Waals surface area contributed by atoms with Crippen LogP contribution in [0.1, 0.15) is 26.3 Å². The molecule has 1 N–H and O–H groups in total. The van der Waals surface area contributed by atoms with Crippen molar-refractivity contribution < 1.29 is 9.53 Å².